The van der Waals surface area contributed by atoms with Crippen molar-refractivity contribution in [1.82, 2.24) is 14.4 Å². The van der Waals surface area contributed by atoms with Crippen LogP contribution in [0.4, 0.5) is 18.3 Å². The molecule has 4 nitrogen and oxygen atoms in total. The monoisotopic (exact) mass is 280 g/mol. The molecule has 1 fully saturated rings. The zero-order valence-electron chi connectivity index (χ0n) is 10.2. The summed E-state index contributed by atoms with van der Waals surface area (Å²) in [5, 5.41) is 2.16. The van der Waals surface area contributed by atoms with Gasteiger partial charge in [-0.1, -0.05) is 6.42 Å². The van der Waals surface area contributed by atoms with E-state index in [-0.39, 0.29) is 17.2 Å². The summed E-state index contributed by atoms with van der Waals surface area (Å²) in [6.45, 7) is 4.10. The molecule has 2 heterocycles. The maximum absolute atomic E-state index is 12.4. The fraction of sp³-hybridized carbons (Fsp3) is 0.800. The van der Waals surface area contributed by atoms with E-state index in [0.717, 1.165) is 30.8 Å². The van der Waals surface area contributed by atoms with Crippen LogP contribution in [-0.4, -0.2) is 26.5 Å². The van der Waals surface area contributed by atoms with Crippen molar-refractivity contribution < 1.29 is 13.2 Å². The van der Waals surface area contributed by atoms with E-state index in [1.807, 2.05) is 18.9 Å². The number of hydrazine groups is 1. The molecular formula is C10H15F3N4S. The van der Waals surface area contributed by atoms with E-state index in [2.05, 4.69) is 14.8 Å². The molecule has 1 aromatic heterocycles. The van der Waals surface area contributed by atoms with Crippen LogP contribution in [0, 0.1) is 0 Å². The number of halogens is 3. The predicted molar refractivity (Wildman–Crippen MR) is 63.1 cm³/mol. The average molecular weight is 280 g/mol. The highest BCUT2D eigenvalue weighted by molar-refractivity contribution is 7.09. The van der Waals surface area contributed by atoms with Crippen LogP contribution < -0.4 is 5.43 Å². The number of hydrogen-bond acceptors (Lipinski definition) is 5. The van der Waals surface area contributed by atoms with E-state index in [0.29, 0.717) is 0 Å². The van der Waals surface area contributed by atoms with E-state index in [1.54, 1.807) is 0 Å². The summed E-state index contributed by atoms with van der Waals surface area (Å²) in [6, 6.07) is 0.568. The van der Waals surface area contributed by atoms with Gasteiger partial charge in [-0.3, -0.25) is 5.43 Å². The molecule has 102 valence electrons. The van der Waals surface area contributed by atoms with Crippen molar-refractivity contribution in [2.45, 2.75) is 51.4 Å². The van der Waals surface area contributed by atoms with Gasteiger partial charge in [0.25, 0.3) is 0 Å². The highest BCUT2D eigenvalue weighted by Gasteiger charge is 2.36. The van der Waals surface area contributed by atoms with E-state index in [9.17, 15) is 13.2 Å². The quantitative estimate of drug-likeness (QED) is 0.903. The molecule has 0 saturated carbocycles. The molecule has 0 spiro atoms. The Hall–Kier alpha value is -0.890. The van der Waals surface area contributed by atoms with Gasteiger partial charge in [-0.05, 0) is 26.7 Å². The fourth-order valence-corrected chi connectivity index (χ4v) is 2.73. The number of piperidine rings is 1. The summed E-state index contributed by atoms with van der Waals surface area (Å²) >= 11 is 0.740. The largest absolute Gasteiger partial charge is 0.452 e. The molecule has 2 rings (SSSR count). The number of anilines is 1. The van der Waals surface area contributed by atoms with Gasteiger partial charge in [0.1, 0.15) is 0 Å². The number of alkyl halides is 3. The van der Waals surface area contributed by atoms with Crippen LogP contribution in [0.15, 0.2) is 0 Å². The van der Waals surface area contributed by atoms with Gasteiger partial charge >= 0.3 is 6.18 Å². The van der Waals surface area contributed by atoms with Gasteiger partial charge in [0.05, 0.1) is 0 Å². The second-order valence-corrected chi connectivity index (χ2v) is 5.32. The third-order valence-corrected chi connectivity index (χ3v) is 3.72. The molecule has 1 aromatic rings. The lowest BCUT2D eigenvalue weighted by Crippen LogP contribution is -2.47. The first-order valence-corrected chi connectivity index (χ1v) is 6.61. The smallest absolute Gasteiger partial charge is 0.293 e. The van der Waals surface area contributed by atoms with Crippen molar-refractivity contribution in [3.8, 4) is 0 Å². The van der Waals surface area contributed by atoms with Gasteiger partial charge in [-0.25, -0.2) is 5.01 Å². The summed E-state index contributed by atoms with van der Waals surface area (Å²) in [4.78, 5) is 3.47. The summed E-state index contributed by atoms with van der Waals surface area (Å²) < 4.78 is 40.4. The van der Waals surface area contributed by atoms with Gasteiger partial charge < -0.3 is 0 Å². The van der Waals surface area contributed by atoms with Gasteiger partial charge in [0.2, 0.25) is 11.0 Å². The zero-order chi connectivity index (χ0) is 13.3. The first kappa shape index (κ1) is 13.5. The second-order valence-electron chi connectivity index (χ2n) is 4.57. The Morgan fingerprint density at radius 1 is 1.28 bits per heavy atom. The van der Waals surface area contributed by atoms with Crippen LogP contribution in [0.2, 0.25) is 0 Å². The van der Waals surface area contributed by atoms with E-state index in [4.69, 9.17) is 0 Å². The highest BCUT2D eigenvalue weighted by Crippen LogP contribution is 2.30. The molecule has 18 heavy (non-hydrogen) atoms. The normalized spacial score (nSPS) is 26.3. The molecule has 1 aliphatic rings. The fourth-order valence-electron chi connectivity index (χ4n) is 2.14. The van der Waals surface area contributed by atoms with Crippen LogP contribution in [0.1, 0.15) is 38.9 Å². The zero-order valence-corrected chi connectivity index (χ0v) is 11.0. The molecule has 0 aromatic carbocycles. The minimum atomic E-state index is -4.48. The number of aromatic nitrogens is 2. The van der Waals surface area contributed by atoms with E-state index in [1.165, 1.54) is 0 Å². The van der Waals surface area contributed by atoms with Crippen molar-refractivity contribution in [3.05, 3.63) is 5.82 Å². The maximum Gasteiger partial charge on any atom is 0.452 e. The Kier molecular flexibility index (Phi) is 3.76. The summed E-state index contributed by atoms with van der Waals surface area (Å²) in [7, 11) is 0. The summed E-state index contributed by atoms with van der Waals surface area (Å²) in [6.07, 6.45) is -1.27. The van der Waals surface area contributed by atoms with Crippen LogP contribution >= 0.6 is 11.5 Å². The Balaban J connectivity index is 2.06. The molecule has 0 bridgehead atoms. The maximum atomic E-state index is 12.4. The first-order chi connectivity index (χ1) is 8.38. The number of hydrogen-bond donors (Lipinski definition) is 1. The Labute approximate surface area is 107 Å². The minimum Gasteiger partial charge on any atom is -0.293 e. The molecule has 1 saturated heterocycles. The summed E-state index contributed by atoms with van der Waals surface area (Å²) in [5.74, 6) is -1.08. The standard InChI is InChI=1S/C10H15F3N4S/c1-6-4-3-5-7(2)17(6)15-9-14-8(16-18-9)10(11,12)13/h6-7H,3-5H2,1-2H3,(H,14,15,16). The molecule has 8 heteroatoms. The molecule has 0 aliphatic carbocycles. The van der Waals surface area contributed by atoms with Gasteiger partial charge in [0, 0.05) is 23.6 Å². The summed E-state index contributed by atoms with van der Waals surface area (Å²) in [5.41, 5.74) is 2.95. The first-order valence-electron chi connectivity index (χ1n) is 5.84. The Morgan fingerprint density at radius 2 is 1.89 bits per heavy atom. The third-order valence-electron chi connectivity index (χ3n) is 3.10. The van der Waals surface area contributed by atoms with Gasteiger partial charge in [0.15, 0.2) is 0 Å². The molecule has 0 amide bonds. The molecule has 1 N–H and O–H groups in total. The lowest BCUT2D eigenvalue weighted by Gasteiger charge is -2.38. The van der Waals surface area contributed by atoms with Crippen molar-refractivity contribution in [1.29, 1.82) is 0 Å². The Bertz CT molecular complexity index is 396. The van der Waals surface area contributed by atoms with E-state index < -0.39 is 12.0 Å². The molecule has 2 atom stereocenters. The van der Waals surface area contributed by atoms with Gasteiger partial charge in [-0.15, -0.1) is 0 Å². The van der Waals surface area contributed by atoms with Crippen molar-refractivity contribution in [2.75, 3.05) is 5.43 Å². The highest BCUT2D eigenvalue weighted by atomic mass is 32.1. The SMILES string of the molecule is CC1CCCC(C)N1Nc1nc(C(F)(F)F)ns1. The van der Waals surface area contributed by atoms with Crippen LogP contribution in [0.5, 0.6) is 0 Å². The molecule has 2 unspecified atom stereocenters. The second kappa shape index (κ2) is 5.00. The van der Waals surface area contributed by atoms with Gasteiger partial charge in [-0.2, -0.15) is 22.5 Å². The van der Waals surface area contributed by atoms with Crippen molar-refractivity contribution in [2.24, 2.45) is 0 Å². The van der Waals surface area contributed by atoms with E-state index >= 15 is 0 Å². The third kappa shape index (κ3) is 2.92. The number of nitrogens with zero attached hydrogens (tertiary/aromatic N) is 3. The average Bonchev–Trinajstić information content (AvgIpc) is 2.72. The lowest BCUT2D eigenvalue weighted by molar-refractivity contribution is -0.144. The lowest BCUT2D eigenvalue weighted by atomic mass is 10.00. The molecule has 0 radical (unpaired) electrons. The van der Waals surface area contributed by atoms with Crippen LogP contribution in [-0.2, 0) is 6.18 Å². The van der Waals surface area contributed by atoms with Crippen molar-refractivity contribution >= 4 is 16.7 Å². The number of rotatable bonds is 2. The van der Waals surface area contributed by atoms with Crippen LogP contribution in [0.25, 0.3) is 0 Å². The topological polar surface area (TPSA) is 41.0 Å². The number of nitrogens with one attached hydrogen (secondary N) is 1. The molecular weight excluding hydrogens is 265 g/mol. The minimum absolute atomic E-state index is 0.197. The Morgan fingerprint density at radius 3 is 2.39 bits per heavy atom. The van der Waals surface area contributed by atoms with Crippen LogP contribution in [0.3, 0.4) is 0 Å². The predicted octanol–water partition coefficient (Wildman–Crippen LogP) is 3.15. The van der Waals surface area contributed by atoms with Crippen molar-refractivity contribution in [3.63, 3.8) is 0 Å². The molecule has 1 aliphatic heterocycles.